The molecule has 14 heavy (non-hydrogen) atoms. The predicted molar refractivity (Wildman–Crippen MR) is 54.7 cm³/mol. The lowest BCUT2D eigenvalue weighted by atomic mass is 9.69. The number of Topliss-reactive ketones (excluding diaryl/α,β-unsaturated/α-hetero) is 1. The summed E-state index contributed by atoms with van der Waals surface area (Å²) in [7, 11) is 0. The van der Waals surface area contributed by atoms with Gasteiger partial charge in [-0.2, -0.15) is 0 Å². The average Bonchev–Trinajstić information content (AvgIpc) is 2.02. The van der Waals surface area contributed by atoms with Crippen LogP contribution >= 0.6 is 0 Å². The van der Waals surface area contributed by atoms with Gasteiger partial charge >= 0.3 is 0 Å². The molecule has 3 nitrogen and oxygen atoms in total. The van der Waals surface area contributed by atoms with Gasteiger partial charge in [0.25, 0.3) is 0 Å². The minimum absolute atomic E-state index is 0.0125. The first-order chi connectivity index (χ1) is 6.57. The summed E-state index contributed by atoms with van der Waals surface area (Å²) in [6, 6.07) is 0. The quantitative estimate of drug-likeness (QED) is 0.740. The molecule has 2 atom stereocenters. The first-order valence-corrected chi connectivity index (χ1v) is 5.39. The first kappa shape index (κ1) is 11.2. The van der Waals surface area contributed by atoms with Gasteiger partial charge in [0.15, 0.2) is 0 Å². The Balaban J connectivity index is 2.50. The average molecular weight is 197 g/mol. The minimum Gasteiger partial charge on any atom is -0.356 e. The standard InChI is InChI=1S/C11H19NO2/c1-4-12-11(14)9-6-5-8(9)10(13)7(2)3/h7-9H,4-6H2,1-3H3,(H,12,14)/t8-,9-/m1/s1. The highest BCUT2D eigenvalue weighted by molar-refractivity contribution is 5.91. The molecule has 0 saturated heterocycles. The maximum atomic E-state index is 11.7. The van der Waals surface area contributed by atoms with Gasteiger partial charge in [-0.1, -0.05) is 13.8 Å². The SMILES string of the molecule is CCNC(=O)[C@@H]1CC[C@H]1C(=O)C(C)C. The first-order valence-electron chi connectivity index (χ1n) is 5.39. The lowest BCUT2D eigenvalue weighted by molar-refractivity contribution is -0.140. The number of hydrogen-bond donors (Lipinski definition) is 1. The van der Waals surface area contributed by atoms with Crippen LogP contribution in [0.25, 0.3) is 0 Å². The van der Waals surface area contributed by atoms with E-state index < -0.39 is 0 Å². The molecule has 0 aromatic heterocycles. The molecule has 0 aliphatic heterocycles. The topological polar surface area (TPSA) is 46.2 Å². The maximum Gasteiger partial charge on any atom is 0.223 e. The fourth-order valence-electron chi connectivity index (χ4n) is 1.89. The van der Waals surface area contributed by atoms with E-state index in [-0.39, 0.29) is 29.4 Å². The second-order valence-electron chi connectivity index (χ2n) is 4.24. The van der Waals surface area contributed by atoms with Crippen LogP contribution in [0.15, 0.2) is 0 Å². The van der Waals surface area contributed by atoms with Gasteiger partial charge in [-0.15, -0.1) is 0 Å². The molecular formula is C11H19NO2. The third-order valence-corrected chi connectivity index (χ3v) is 2.90. The largest absolute Gasteiger partial charge is 0.356 e. The summed E-state index contributed by atoms with van der Waals surface area (Å²) in [6.45, 7) is 6.35. The van der Waals surface area contributed by atoms with Gasteiger partial charge < -0.3 is 5.32 Å². The van der Waals surface area contributed by atoms with Gasteiger partial charge in [-0.25, -0.2) is 0 Å². The highest BCUT2D eigenvalue weighted by Gasteiger charge is 2.41. The molecule has 1 fully saturated rings. The molecule has 1 N–H and O–H groups in total. The number of nitrogens with one attached hydrogen (secondary N) is 1. The zero-order valence-corrected chi connectivity index (χ0v) is 9.17. The van der Waals surface area contributed by atoms with Crippen molar-refractivity contribution >= 4 is 11.7 Å². The lowest BCUT2D eigenvalue weighted by Crippen LogP contribution is -2.45. The molecule has 0 aromatic carbocycles. The van der Waals surface area contributed by atoms with Gasteiger partial charge in [0.2, 0.25) is 5.91 Å². The van der Waals surface area contributed by atoms with Crippen LogP contribution in [0.5, 0.6) is 0 Å². The lowest BCUT2D eigenvalue weighted by Gasteiger charge is -2.35. The van der Waals surface area contributed by atoms with Gasteiger partial charge in [0, 0.05) is 24.3 Å². The van der Waals surface area contributed by atoms with Crippen molar-refractivity contribution in [3.63, 3.8) is 0 Å². The van der Waals surface area contributed by atoms with Crippen LogP contribution in [0.1, 0.15) is 33.6 Å². The summed E-state index contributed by atoms with van der Waals surface area (Å²) in [5, 5.41) is 2.78. The van der Waals surface area contributed by atoms with Crippen LogP contribution in [0.4, 0.5) is 0 Å². The van der Waals surface area contributed by atoms with Crippen LogP contribution in [0.3, 0.4) is 0 Å². The molecule has 0 bridgehead atoms. The van der Waals surface area contributed by atoms with E-state index in [4.69, 9.17) is 0 Å². The van der Waals surface area contributed by atoms with E-state index >= 15 is 0 Å². The molecule has 1 rings (SSSR count). The van der Waals surface area contributed by atoms with E-state index in [2.05, 4.69) is 5.32 Å². The van der Waals surface area contributed by atoms with Crippen molar-refractivity contribution in [3.8, 4) is 0 Å². The fraction of sp³-hybridized carbons (Fsp3) is 0.818. The Morgan fingerprint density at radius 2 is 1.86 bits per heavy atom. The zero-order valence-electron chi connectivity index (χ0n) is 9.17. The Bertz CT molecular complexity index is 235. The second-order valence-corrected chi connectivity index (χ2v) is 4.24. The molecule has 0 heterocycles. The Kier molecular flexibility index (Phi) is 3.67. The normalized spacial score (nSPS) is 25.7. The van der Waals surface area contributed by atoms with Crippen molar-refractivity contribution in [3.05, 3.63) is 0 Å². The molecule has 80 valence electrons. The van der Waals surface area contributed by atoms with E-state index in [0.29, 0.717) is 6.54 Å². The molecule has 1 aliphatic carbocycles. The van der Waals surface area contributed by atoms with Crippen molar-refractivity contribution < 1.29 is 9.59 Å². The number of hydrogen-bond acceptors (Lipinski definition) is 2. The summed E-state index contributed by atoms with van der Waals surface area (Å²) in [6.07, 6.45) is 1.76. The summed E-state index contributed by atoms with van der Waals surface area (Å²) in [5.74, 6) is 0.286. The Labute approximate surface area is 85.3 Å². The number of amides is 1. The van der Waals surface area contributed by atoms with Gasteiger partial charge in [-0.05, 0) is 19.8 Å². The highest BCUT2D eigenvalue weighted by Crippen LogP contribution is 2.36. The van der Waals surface area contributed by atoms with E-state index in [1.54, 1.807) is 0 Å². The van der Waals surface area contributed by atoms with E-state index in [1.165, 1.54) is 0 Å². The van der Waals surface area contributed by atoms with Crippen molar-refractivity contribution in [1.29, 1.82) is 0 Å². The molecule has 3 heteroatoms. The molecule has 0 spiro atoms. The van der Waals surface area contributed by atoms with Crippen LogP contribution in [-0.4, -0.2) is 18.2 Å². The molecule has 0 radical (unpaired) electrons. The Morgan fingerprint density at radius 1 is 1.29 bits per heavy atom. The summed E-state index contributed by atoms with van der Waals surface area (Å²) < 4.78 is 0. The highest BCUT2D eigenvalue weighted by atomic mass is 16.2. The molecule has 1 saturated carbocycles. The molecule has 0 aromatic rings. The number of rotatable bonds is 4. The molecule has 1 aliphatic rings. The molecule has 0 unspecified atom stereocenters. The van der Waals surface area contributed by atoms with Crippen molar-refractivity contribution in [2.45, 2.75) is 33.6 Å². The summed E-state index contributed by atoms with van der Waals surface area (Å²) in [4.78, 5) is 23.2. The van der Waals surface area contributed by atoms with Crippen molar-refractivity contribution in [2.24, 2.45) is 17.8 Å². The van der Waals surface area contributed by atoms with Crippen LogP contribution in [0, 0.1) is 17.8 Å². The van der Waals surface area contributed by atoms with Gasteiger partial charge in [-0.3, -0.25) is 9.59 Å². The number of ketones is 1. The Hall–Kier alpha value is -0.860. The number of carbonyl (C=O) groups excluding carboxylic acids is 2. The number of carbonyl (C=O) groups is 2. The zero-order chi connectivity index (χ0) is 10.7. The fourth-order valence-corrected chi connectivity index (χ4v) is 1.89. The van der Waals surface area contributed by atoms with E-state index in [9.17, 15) is 9.59 Å². The molecule has 1 amide bonds. The maximum absolute atomic E-state index is 11.7. The third-order valence-electron chi connectivity index (χ3n) is 2.90. The van der Waals surface area contributed by atoms with E-state index in [1.807, 2.05) is 20.8 Å². The summed E-state index contributed by atoms with van der Waals surface area (Å²) >= 11 is 0. The van der Waals surface area contributed by atoms with Crippen molar-refractivity contribution in [1.82, 2.24) is 5.32 Å². The van der Waals surface area contributed by atoms with Gasteiger partial charge in [0.1, 0.15) is 5.78 Å². The van der Waals surface area contributed by atoms with Crippen LogP contribution in [-0.2, 0) is 9.59 Å². The monoisotopic (exact) mass is 197 g/mol. The van der Waals surface area contributed by atoms with E-state index in [0.717, 1.165) is 12.8 Å². The minimum atomic E-state index is -0.0511. The predicted octanol–water partition coefficient (Wildman–Crippen LogP) is 1.37. The second kappa shape index (κ2) is 4.58. The third kappa shape index (κ3) is 2.14. The van der Waals surface area contributed by atoms with Crippen LogP contribution < -0.4 is 5.32 Å². The molecular weight excluding hydrogens is 178 g/mol. The van der Waals surface area contributed by atoms with Crippen LogP contribution in [0.2, 0.25) is 0 Å². The van der Waals surface area contributed by atoms with Gasteiger partial charge in [0.05, 0.1) is 0 Å². The Morgan fingerprint density at radius 3 is 2.21 bits per heavy atom. The summed E-state index contributed by atoms with van der Waals surface area (Å²) in [5.41, 5.74) is 0. The van der Waals surface area contributed by atoms with Crippen molar-refractivity contribution in [2.75, 3.05) is 6.54 Å². The smallest absolute Gasteiger partial charge is 0.223 e.